The van der Waals surface area contributed by atoms with Crippen LogP contribution in [0.1, 0.15) is 5.56 Å². The summed E-state index contributed by atoms with van der Waals surface area (Å²) < 4.78 is 11.2. The van der Waals surface area contributed by atoms with E-state index in [2.05, 4.69) is 31.8 Å². The fourth-order valence-corrected chi connectivity index (χ4v) is 2.36. The maximum absolute atomic E-state index is 11.8. The quantitative estimate of drug-likeness (QED) is 0.478. The highest BCUT2D eigenvalue weighted by Gasteiger charge is 2.14. The van der Waals surface area contributed by atoms with Crippen molar-refractivity contribution in [3.8, 4) is 11.5 Å². The Kier molecular flexibility index (Phi) is 4.76. The molecule has 0 saturated carbocycles. The van der Waals surface area contributed by atoms with Gasteiger partial charge >= 0.3 is 11.8 Å². The second kappa shape index (κ2) is 7.14. The van der Waals surface area contributed by atoms with Gasteiger partial charge in [0, 0.05) is 10.2 Å². The van der Waals surface area contributed by atoms with Gasteiger partial charge in [0.15, 0.2) is 11.5 Å². The van der Waals surface area contributed by atoms with Crippen LogP contribution in [-0.4, -0.2) is 24.8 Å². The van der Waals surface area contributed by atoms with Crippen molar-refractivity contribution in [2.45, 2.75) is 0 Å². The Morgan fingerprint density at radius 2 is 1.92 bits per heavy atom. The van der Waals surface area contributed by atoms with Crippen LogP contribution in [0.25, 0.3) is 0 Å². The van der Waals surface area contributed by atoms with E-state index in [0.717, 1.165) is 4.47 Å². The highest BCUT2D eigenvalue weighted by Crippen LogP contribution is 2.31. The van der Waals surface area contributed by atoms with Crippen molar-refractivity contribution in [2.75, 3.05) is 12.1 Å². The van der Waals surface area contributed by atoms with Gasteiger partial charge in [-0.15, -0.1) is 0 Å². The molecular weight excluding hydrogens is 378 g/mol. The third-order valence-electron chi connectivity index (χ3n) is 3.07. The summed E-state index contributed by atoms with van der Waals surface area (Å²) in [6.45, 7) is 0.183. The van der Waals surface area contributed by atoms with Crippen LogP contribution in [-0.2, 0) is 9.59 Å². The van der Waals surface area contributed by atoms with Gasteiger partial charge in [0.2, 0.25) is 6.79 Å². The first-order valence-corrected chi connectivity index (χ1v) is 7.71. The molecule has 0 unspecified atom stereocenters. The standard InChI is InChI=1S/C16H12BrN3O4/c17-11-2-1-3-12(7-11)19-15(21)16(22)20-18-8-10-4-5-13-14(6-10)24-9-23-13/h1-8H,9H2,(H,19,21)(H,20,22)/b18-8+. The molecule has 0 fully saturated rings. The molecular formula is C16H12BrN3O4. The Balaban J connectivity index is 1.55. The molecule has 2 N–H and O–H groups in total. The van der Waals surface area contributed by atoms with Gasteiger partial charge in [-0.05, 0) is 42.0 Å². The van der Waals surface area contributed by atoms with Crippen molar-refractivity contribution >= 4 is 39.6 Å². The second-order valence-corrected chi connectivity index (χ2v) is 5.69. The van der Waals surface area contributed by atoms with Crippen molar-refractivity contribution < 1.29 is 19.1 Å². The van der Waals surface area contributed by atoms with Crippen LogP contribution in [0.15, 0.2) is 52.0 Å². The number of fused-ring (bicyclic) bond motifs is 1. The van der Waals surface area contributed by atoms with Crippen LogP contribution in [0.5, 0.6) is 11.5 Å². The van der Waals surface area contributed by atoms with E-state index < -0.39 is 11.8 Å². The fourth-order valence-electron chi connectivity index (χ4n) is 1.96. The summed E-state index contributed by atoms with van der Waals surface area (Å²) in [6.07, 6.45) is 1.41. The van der Waals surface area contributed by atoms with Gasteiger partial charge in [-0.1, -0.05) is 22.0 Å². The first-order chi connectivity index (χ1) is 11.6. The van der Waals surface area contributed by atoms with Gasteiger partial charge < -0.3 is 14.8 Å². The molecule has 1 aliphatic heterocycles. The van der Waals surface area contributed by atoms with Crippen LogP contribution in [0.4, 0.5) is 5.69 Å². The largest absolute Gasteiger partial charge is 0.454 e. The molecule has 24 heavy (non-hydrogen) atoms. The minimum atomic E-state index is -0.869. The van der Waals surface area contributed by atoms with Crippen LogP contribution in [0, 0.1) is 0 Å². The first-order valence-electron chi connectivity index (χ1n) is 6.91. The lowest BCUT2D eigenvalue weighted by Gasteiger charge is -2.04. The predicted molar refractivity (Wildman–Crippen MR) is 91.1 cm³/mol. The minimum absolute atomic E-state index is 0.183. The lowest BCUT2D eigenvalue weighted by molar-refractivity contribution is -0.136. The van der Waals surface area contributed by atoms with Crippen molar-refractivity contribution in [3.05, 3.63) is 52.5 Å². The van der Waals surface area contributed by atoms with Gasteiger partial charge in [-0.3, -0.25) is 9.59 Å². The number of ether oxygens (including phenoxy) is 2. The molecule has 1 heterocycles. The number of carbonyl (C=O) groups is 2. The van der Waals surface area contributed by atoms with Crippen LogP contribution in [0.3, 0.4) is 0 Å². The normalized spacial score (nSPS) is 12.2. The summed E-state index contributed by atoms with van der Waals surface area (Å²) in [5, 5.41) is 6.23. The smallest absolute Gasteiger partial charge is 0.329 e. The van der Waals surface area contributed by atoms with Gasteiger partial charge in [-0.25, -0.2) is 5.43 Å². The minimum Gasteiger partial charge on any atom is -0.454 e. The van der Waals surface area contributed by atoms with E-state index in [-0.39, 0.29) is 6.79 Å². The molecule has 0 radical (unpaired) electrons. The second-order valence-electron chi connectivity index (χ2n) is 4.78. The van der Waals surface area contributed by atoms with Crippen molar-refractivity contribution in [3.63, 3.8) is 0 Å². The third-order valence-corrected chi connectivity index (χ3v) is 3.56. The van der Waals surface area contributed by atoms with Crippen LogP contribution >= 0.6 is 15.9 Å². The number of amides is 2. The molecule has 2 aromatic rings. The summed E-state index contributed by atoms with van der Waals surface area (Å²) in [7, 11) is 0. The third kappa shape index (κ3) is 3.90. The molecule has 122 valence electrons. The summed E-state index contributed by atoms with van der Waals surface area (Å²) in [5.41, 5.74) is 3.37. The number of hydrogen-bond acceptors (Lipinski definition) is 5. The zero-order chi connectivity index (χ0) is 16.9. The topological polar surface area (TPSA) is 89.0 Å². The molecule has 8 heteroatoms. The summed E-state index contributed by atoms with van der Waals surface area (Å²) in [4.78, 5) is 23.5. The SMILES string of the molecule is O=C(N/N=C/c1ccc2c(c1)OCO2)C(=O)Nc1cccc(Br)c1. The predicted octanol–water partition coefficient (Wildman–Crippen LogP) is 2.27. The highest BCUT2D eigenvalue weighted by molar-refractivity contribution is 9.10. The summed E-state index contributed by atoms with van der Waals surface area (Å²) in [6, 6.07) is 12.1. The first kappa shape index (κ1) is 16.0. The Bertz CT molecular complexity index is 823. The molecule has 3 rings (SSSR count). The molecule has 7 nitrogen and oxygen atoms in total. The molecule has 0 aromatic heterocycles. The zero-order valence-electron chi connectivity index (χ0n) is 12.3. The molecule has 1 aliphatic rings. The van der Waals surface area contributed by atoms with Gasteiger partial charge in [0.1, 0.15) is 0 Å². The fraction of sp³-hybridized carbons (Fsp3) is 0.0625. The average molecular weight is 390 g/mol. The molecule has 2 aromatic carbocycles. The molecule has 0 saturated heterocycles. The monoisotopic (exact) mass is 389 g/mol. The summed E-state index contributed by atoms with van der Waals surface area (Å²) in [5.74, 6) is -0.412. The van der Waals surface area contributed by atoms with Crippen LogP contribution < -0.4 is 20.2 Å². The van der Waals surface area contributed by atoms with E-state index in [1.54, 1.807) is 36.4 Å². The maximum atomic E-state index is 11.8. The number of hydrazone groups is 1. The number of nitrogens with one attached hydrogen (secondary N) is 2. The molecule has 0 atom stereocenters. The molecule has 0 aliphatic carbocycles. The average Bonchev–Trinajstić information content (AvgIpc) is 3.02. The van der Waals surface area contributed by atoms with Gasteiger partial charge in [0.05, 0.1) is 6.21 Å². The van der Waals surface area contributed by atoms with Crippen molar-refractivity contribution in [1.29, 1.82) is 0 Å². The number of nitrogens with zero attached hydrogens (tertiary/aromatic N) is 1. The van der Waals surface area contributed by atoms with E-state index in [1.165, 1.54) is 6.21 Å². The van der Waals surface area contributed by atoms with E-state index in [4.69, 9.17) is 9.47 Å². The lowest BCUT2D eigenvalue weighted by atomic mass is 10.2. The highest BCUT2D eigenvalue weighted by atomic mass is 79.9. The number of benzene rings is 2. The number of hydrogen-bond donors (Lipinski definition) is 2. The number of halogens is 1. The van der Waals surface area contributed by atoms with Crippen molar-refractivity contribution in [2.24, 2.45) is 5.10 Å². The van der Waals surface area contributed by atoms with E-state index in [0.29, 0.717) is 22.7 Å². The Labute approximate surface area is 145 Å². The zero-order valence-corrected chi connectivity index (χ0v) is 13.9. The number of rotatable bonds is 3. The molecule has 0 spiro atoms. The number of anilines is 1. The maximum Gasteiger partial charge on any atom is 0.329 e. The van der Waals surface area contributed by atoms with Crippen molar-refractivity contribution in [1.82, 2.24) is 5.43 Å². The van der Waals surface area contributed by atoms with E-state index in [9.17, 15) is 9.59 Å². The lowest BCUT2D eigenvalue weighted by Crippen LogP contribution is -2.32. The van der Waals surface area contributed by atoms with E-state index >= 15 is 0 Å². The van der Waals surface area contributed by atoms with Gasteiger partial charge in [-0.2, -0.15) is 5.10 Å². The molecule has 2 amide bonds. The summed E-state index contributed by atoms with van der Waals surface area (Å²) >= 11 is 3.28. The Morgan fingerprint density at radius 3 is 2.75 bits per heavy atom. The van der Waals surface area contributed by atoms with Gasteiger partial charge in [0.25, 0.3) is 0 Å². The number of carbonyl (C=O) groups excluding carboxylic acids is 2. The van der Waals surface area contributed by atoms with E-state index in [1.807, 2.05) is 6.07 Å². The van der Waals surface area contributed by atoms with Crippen LogP contribution in [0.2, 0.25) is 0 Å². The Morgan fingerprint density at radius 1 is 1.08 bits per heavy atom. The molecule has 0 bridgehead atoms. The Hall–Kier alpha value is -2.87.